The van der Waals surface area contributed by atoms with E-state index in [1.807, 2.05) is 6.07 Å². The molecule has 0 amide bonds. The summed E-state index contributed by atoms with van der Waals surface area (Å²) in [6, 6.07) is 43.7. The van der Waals surface area contributed by atoms with Crippen LogP contribution in [0.25, 0.3) is 0 Å². The Kier molecular flexibility index (Phi) is 7.45. The van der Waals surface area contributed by atoms with Crippen molar-refractivity contribution in [3.8, 4) is 0 Å². The molecular formula is C31H31NOS. The maximum atomic E-state index is 6.06. The number of ether oxygens (including phenoxy) is 1. The van der Waals surface area contributed by atoms with Gasteiger partial charge in [0, 0.05) is 17.8 Å². The van der Waals surface area contributed by atoms with E-state index in [2.05, 4.69) is 132 Å². The van der Waals surface area contributed by atoms with E-state index in [1.54, 1.807) is 0 Å². The highest BCUT2D eigenvalue weighted by Crippen LogP contribution is 2.51. The SMILES string of the molecule is c1ccc(COCC2CC(SC(c3ccccc3)(c3ccccc3)c3ccccc3)CN2)cc1. The van der Waals surface area contributed by atoms with E-state index >= 15 is 0 Å². The molecule has 34 heavy (non-hydrogen) atoms. The van der Waals surface area contributed by atoms with Crippen molar-refractivity contribution in [3.05, 3.63) is 144 Å². The summed E-state index contributed by atoms with van der Waals surface area (Å²) in [6.07, 6.45) is 1.09. The van der Waals surface area contributed by atoms with E-state index in [1.165, 1.54) is 22.3 Å². The minimum absolute atomic E-state index is 0.268. The Labute approximate surface area is 207 Å². The van der Waals surface area contributed by atoms with Crippen LogP contribution >= 0.6 is 11.8 Å². The molecule has 4 aromatic carbocycles. The van der Waals surface area contributed by atoms with Crippen molar-refractivity contribution in [1.82, 2.24) is 5.32 Å². The lowest BCUT2D eigenvalue weighted by atomic mass is 9.84. The smallest absolute Gasteiger partial charge is 0.0910 e. The van der Waals surface area contributed by atoms with Gasteiger partial charge >= 0.3 is 0 Å². The number of nitrogens with one attached hydrogen (secondary N) is 1. The van der Waals surface area contributed by atoms with Gasteiger partial charge in [0.15, 0.2) is 0 Å². The van der Waals surface area contributed by atoms with Crippen molar-refractivity contribution in [2.45, 2.75) is 29.1 Å². The standard InChI is InChI=1S/C31H31NOS/c1-5-13-25(14-6-1)23-33-24-29-21-30(22-32-29)34-31(26-15-7-2-8-16-26,27-17-9-3-10-18-27)28-19-11-4-12-20-28/h1-20,29-30,32H,21-24H2. The van der Waals surface area contributed by atoms with Gasteiger partial charge in [-0.15, -0.1) is 11.8 Å². The molecular weight excluding hydrogens is 434 g/mol. The average Bonchev–Trinajstić information content (AvgIpc) is 3.36. The van der Waals surface area contributed by atoms with Crippen LogP contribution in [0.15, 0.2) is 121 Å². The Bertz CT molecular complexity index is 1040. The van der Waals surface area contributed by atoms with E-state index in [0.29, 0.717) is 17.9 Å². The summed E-state index contributed by atoms with van der Waals surface area (Å²) in [5.74, 6) is 0. The molecule has 0 spiro atoms. The van der Waals surface area contributed by atoms with Gasteiger partial charge in [-0.3, -0.25) is 0 Å². The fourth-order valence-corrected chi connectivity index (χ4v) is 6.69. The maximum absolute atomic E-state index is 6.06. The van der Waals surface area contributed by atoms with Crippen LogP contribution < -0.4 is 5.32 Å². The molecule has 1 fully saturated rings. The van der Waals surface area contributed by atoms with E-state index in [0.717, 1.165) is 19.6 Å². The molecule has 1 heterocycles. The first-order valence-corrected chi connectivity index (χ1v) is 12.9. The third kappa shape index (κ3) is 5.12. The van der Waals surface area contributed by atoms with Gasteiger partial charge in [-0.05, 0) is 28.7 Å². The first-order valence-electron chi connectivity index (χ1n) is 12.0. The Hall–Kier alpha value is -2.85. The molecule has 0 bridgehead atoms. The highest BCUT2D eigenvalue weighted by atomic mass is 32.2. The van der Waals surface area contributed by atoms with Gasteiger partial charge in [-0.2, -0.15) is 0 Å². The van der Waals surface area contributed by atoms with E-state index in [9.17, 15) is 0 Å². The summed E-state index contributed by atoms with van der Waals surface area (Å²) in [5, 5.41) is 4.20. The maximum Gasteiger partial charge on any atom is 0.0910 e. The third-order valence-electron chi connectivity index (χ3n) is 6.50. The Balaban J connectivity index is 1.38. The molecule has 1 N–H and O–H groups in total. The van der Waals surface area contributed by atoms with Crippen LogP contribution in [0.5, 0.6) is 0 Å². The number of benzene rings is 4. The quantitative estimate of drug-likeness (QED) is 0.279. The predicted octanol–water partition coefficient (Wildman–Crippen LogP) is 6.66. The zero-order valence-electron chi connectivity index (χ0n) is 19.3. The van der Waals surface area contributed by atoms with Gasteiger partial charge in [-0.25, -0.2) is 0 Å². The lowest BCUT2D eigenvalue weighted by Crippen LogP contribution is -2.29. The van der Waals surface area contributed by atoms with E-state index in [-0.39, 0.29) is 4.75 Å². The number of thioether (sulfide) groups is 1. The van der Waals surface area contributed by atoms with E-state index < -0.39 is 0 Å². The molecule has 172 valence electrons. The Morgan fingerprint density at radius 2 is 1.15 bits per heavy atom. The summed E-state index contributed by atoms with van der Waals surface area (Å²) in [7, 11) is 0. The van der Waals surface area contributed by atoms with Gasteiger partial charge in [0.1, 0.15) is 0 Å². The molecule has 0 radical (unpaired) electrons. The monoisotopic (exact) mass is 465 g/mol. The van der Waals surface area contributed by atoms with Crippen LogP contribution in [0.2, 0.25) is 0 Å². The molecule has 1 aliphatic rings. The second-order valence-corrected chi connectivity index (χ2v) is 10.4. The molecule has 2 nitrogen and oxygen atoms in total. The Morgan fingerprint density at radius 3 is 1.65 bits per heavy atom. The van der Waals surface area contributed by atoms with Crippen LogP contribution in [-0.4, -0.2) is 24.4 Å². The second-order valence-electron chi connectivity index (χ2n) is 8.86. The zero-order valence-corrected chi connectivity index (χ0v) is 20.2. The zero-order chi connectivity index (χ0) is 23.1. The Morgan fingerprint density at radius 1 is 0.676 bits per heavy atom. The van der Waals surface area contributed by atoms with Crippen molar-refractivity contribution in [1.29, 1.82) is 0 Å². The number of hydrogen-bond acceptors (Lipinski definition) is 3. The molecule has 1 aliphatic heterocycles. The highest BCUT2D eigenvalue weighted by Gasteiger charge is 2.41. The predicted molar refractivity (Wildman–Crippen MR) is 143 cm³/mol. The van der Waals surface area contributed by atoms with Crippen molar-refractivity contribution in [3.63, 3.8) is 0 Å². The van der Waals surface area contributed by atoms with Crippen LogP contribution in [0.4, 0.5) is 0 Å². The largest absolute Gasteiger partial charge is 0.375 e. The summed E-state index contributed by atoms with van der Waals surface area (Å²) in [5.41, 5.74) is 5.19. The lowest BCUT2D eigenvalue weighted by Gasteiger charge is -2.37. The molecule has 0 aromatic heterocycles. The first kappa shape index (κ1) is 22.9. The molecule has 3 heteroatoms. The van der Waals surface area contributed by atoms with Crippen LogP contribution in [0, 0.1) is 0 Å². The van der Waals surface area contributed by atoms with Gasteiger partial charge < -0.3 is 10.1 Å². The lowest BCUT2D eigenvalue weighted by molar-refractivity contribution is 0.103. The van der Waals surface area contributed by atoms with Crippen molar-refractivity contribution < 1.29 is 4.74 Å². The molecule has 2 unspecified atom stereocenters. The summed E-state index contributed by atoms with van der Waals surface area (Å²) < 4.78 is 5.80. The average molecular weight is 466 g/mol. The fraction of sp³-hybridized carbons (Fsp3) is 0.226. The fourth-order valence-electron chi connectivity index (χ4n) is 4.86. The summed E-state index contributed by atoms with van der Waals surface area (Å²) in [6.45, 7) is 2.39. The summed E-state index contributed by atoms with van der Waals surface area (Å²) in [4.78, 5) is 0. The molecule has 0 aliphatic carbocycles. The van der Waals surface area contributed by atoms with Crippen molar-refractivity contribution in [2.75, 3.05) is 13.2 Å². The normalized spacial score (nSPS) is 18.1. The second kappa shape index (κ2) is 11.1. The molecule has 1 saturated heterocycles. The van der Waals surface area contributed by atoms with Crippen LogP contribution in [0.3, 0.4) is 0 Å². The molecule has 2 atom stereocenters. The topological polar surface area (TPSA) is 21.3 Å². The van der Waals surface area contributed by atoms with Gasteiger partial charge in [-0.1, -0.05) is 121 Å². The van der Waals surface area contributed by atoms with Crippen molar-refractivity contribution >= 4 is 11.8 Å². The number of hydrogen-bond donors (Lipinski definition) is 1. The summed E-state index contributed by atoms with van der Waals surface area (Å²) >= 11 is 2.07. The van der Waals surface area contributed by atoms with Crippen LogP contribution in [0.1, 0.15) is 28.7 Å². The molecule has 4 aromatic rings. The minimum atomic E-state index is -0.268. The van der Waals surface area contributed by atoms with E-state index in [4.69, 9.17) is 4.74 Å². The minimum Gasteiger partial charge on any atom is -0.375 e. The van der Waals surface area contributed by atoms with Gasteiger partial charge in [0.25, 0.3) is 0 Å². The van der Waals surface area contributed by atoms with Gasteiger partial charge in [0.2, 0.25) is 0 Å². The first-order chi connectivity index (χ1) is 16.8. The van der Waals surface area contributed by atoms with Gasteiger partial charge in [0.05, 0.1) is 18.0 Å². The molecule has 0 saturated carbocycles. The third-order valence-corrected chi connectivity index (χ3v) is 8.25. The van der Waals surface area contributed by atoms with Crippen molar-refractivity contribution in [2.24, 2.45) is 0 Å². The molecule has 5 rings (SSSR count). The van der Waals surface area contributed by atoms with Crippen LogP contribution in [-0.2, 0) is 16.1 Å². The highest BCUT2D eigenvalue weighted by molar-refractivity contribution is 8.01. The number of rotatable bonds is 9.